The Labute approximate surface area is 133 Å². The van der Waals surface area contributed by atoms with Crippen LogP contribution in [-0.4, -0.2) is 103 Å². The number of hydrogen-bond donors (Lipinski definition) is 4. The van der Waals surface area contributed by atoms with Crippen LogP contribution in [0.15, 0.2) is 0 Å². The monoisotopic (exact) mass is 319 g/mol. The van der Waals surface area contributed by atoms with Crippen molar-refractivity contribution in [2.24, 2.45) is 0 Å². The van der Waals surface area contributed by atoms with E-state index in [4.69, 9.17) is 5.11 Å². The Balaban J connectivity index is 4.57. The number of nitrogens with one attached hydrogen (secondary N) is 1. The van der Waals surface area contributed by atoms with Crippen LogP contribution in [0.25, 0.3) is 0 Å². The fourth-order valence-electron chi connectivity index (χ4n) is 2.44. The molecule has 0 saturated heterocycles. The number of aldehydes is 1. The van der Waals surface area contributed by atoms with Gasteiger partial charge in [0.1, 0.15) is 6.29 Å². The second-order valence-electron chi connectivity index (χ2n) is 5.34. The van der Waals surface area contributed by atoms with E-state index in [0.717, 1.165) is 32.3 Å². The highest BCUT2D eigenvalue weighted by Crippen LogP contribution is 2.05. The smallest absolute Gasteiger partial charge is 0.133 e. The maximum absolute atomic E-state index is 10.3. The first-order valence-electron chi connectivity index (χ1n) is 8.15. The van der Waals surface area contributed by atoms with E-state index in [2.05, 4.69) is 24.1 Å². The topological polar surface area (TPSA) is 96.3 Å². The van der Waals surface area contributed by atoms with E-state index in [1.54, 1.807) is 0 Å². The molecular formula is C15H33N3O4. The highest BCUT2D eigenvalue weighted by atomic mass is 16.3. The third-order valence-corrected chi connectivity index (χ3v) is 3.78. The van der Waals surface area contributed by atoms with Gasteiger partial charge in [0.25, 0.3) is 0 Å². The molecule has 0 aliphatic heterocycles. The molecule has 22 heavy (non-hydrogen) atoms. The zero-order valence-corrected chi connectivity index (χ0v) is 13.9. The molecule has 2 atom stereocenters. The number of nitrogens with zero attached hydrogens (tertiary/aromatic N) is 2. The quantitative estimate of drug-likeness (QED) is 0.216. The van der Waals surface area contributed by atoms with Crippen LogP contribution in [0.5, 0.6) is 0 Å². The van der Waals surface area contributed by atoms with Crippen molar-refractivity contribution in [1.29, 1.82) is 0 Å². The Bertz CT molecular complexity index is 269. The second-order valence-corrected chi connectivity index (χ2v) is 5.34. The Morgan fingerprint density at radius 1 is 1.09 bits per heavy atom. The summed E-state index contributed by atoms with van der Waals surface area (Å²) in [6.07, 6.45) is 0.908. The van der Waals surface area contributed by atoms with Gasteiger partial charge in [-0.25, -0.2) is 0 Å². The SMILES string of the molecule is CCCN(CC)CCN(CCNCC=O)C(CO)C(O)CO. The summed E-state index contributed by atoms with van der Waals surface area (Å²) in [5, 5.41) is 31.5. The van der Waals surface area contributed by atoms with E-state index in [0.29, 0.717) is 19.6 Å². The molecular weight excluding hydrogens is 286 g/mol. The van der Waals surface area contributed by atoms with Gasteiger partial charge in [-0.05, 0) is 19.5 Å². The summed E-state index contributed by atoms with van der Waals surface area (Å²) in [5.41, 5.74) is 0. The molecule has 0 amide bonds. The molecule has 0 aromatic rings. The number of carbonyl (C=O) groups is 1. The van der Waals surface area contributed by atoms with E-state index in [9.17, 15) is 15.0 Å². The number of hydrogen-bond acceptors (Lipinski definition) is 7. The molecule has 0 radical (unpaired) electrons. The highest BCUT2D eigenvalue weighted by Gasteiger charge is 2.24. The molecule has 0 aliphatic carbocycles. The van der Waals surface area contributed by atoms with Crippen molar-refractivity contribution in [2.75, 3.05) is 59.0 Å². The van der Waals surface area contributed by atoms with Gasteiger partial charge < -0.3 is 30.3 Å². The van der Waals surface area contributed by atoms with Crippen molar-refractivity contribution in [3.8, 4) is 0 Å². The zero-order chi connectivity index (χ0) is 16.8. The molecule has 0 aromatic carbocycles. The van der Waals surface area contributed by atoms with E-state index < -0.39 is 12.1 Å². The predicted octanol–water partition coefficient (Wildman–Crippen LogP) is -1.48. The molecule has 132 valence electrons. The zero-order valence-electron chi connectivity index (χ0n) is 13.9. The predicted molar refractivity (Wildman–Crippen MR) is 86.9 cm³/mol. The summed E-state index contributed by atoms with van der Waals surface area (Å²) in [6, 6.07) is -0.497. The summed E-state index contributed by atoms with van der Waals surface area (Å²) >= 11 is 0. The van der Waals surface area contributed by atoms with Gasteiger partial charge in [-0.1, -0.05) is 13.8 Å². The number of likely N-dealkylation sites (N-methyl/N-ethyl adjacent to an activating group) is 1. The highest BCUT2D eigenvalue weighted by molar-refractivity contribution is 5.51. The van der Waals surface area contributed by atoms with Crippen LogP contribution in [0.2, 0.25) is 0 Å². The Morgan fingerprint density at radius 2 is 1.82 bits per heavy atom. The van der Waals surface area contributed by atoms with Crippen molar-refractivity contribution >= 4 is 6.29 Å². The van der Waals surface area contributed by atoms with Gasteiger partial charge in [-0.3, -0.25) is 4.90 Å². The largest absolute Gasteiger partial charge is 0.395 e. The minimum absolute atomic E-state index is 0.213. The van der Waals surface area contributed by atoms with E-state index in [1.165, 1.54) is 0 Å². The van der Waals surface area contributed by atoms with Crippen molar-refractivity contribution in [3.05, 3.63) is 0 Å². The molecule has 2 unspecified atom stereocenters. The number of aliphatic hydroxyl groups is 3. The van der Waals surface area contributed by atoms with Crippen molar-refractivity contribution in [3.63, 3.8) is 0 Å². The number of rotatable bonds is 15. The molecule has 0 spiro atoms. The van der Waals surface area contributed by atoms with E-state index in [1.807, 2.05) is 4.90 Å². The maximum atomic E-state index is 10.3. The van der Waals surface area contributed by atoms with Gasteiger partial charge in [0.05, 0.1) is 31.9 Å². The van der Waals surface area contributed by atoms with Crippen molar-refractivity contribution in [2.45, 2.75) is 32.4 Å². The standard InChI is InChI=1S/C15H33N3O4/c1-3-7-17(4-2)9-10-18(8-5-16-6-11-19)14(12-20)15(22)13-21/h11,14-16,20-22H,3-10,12-13H2,1-2H3. The van der Waals surface area contributed by atoms with Gasteiger partial charge in [0.2, 0.25) is 0 Å². The summed E-state index contributed by atoms with van der Waals surface area (Å²) < 4.78 is 0. The lowest BCUT2D eigenvalue weighted by Crippen LogP contribution is -2.52. The second kappa shape index (κ2) is 14.0. The molecule has 0 heterocycles. The van der Waals surface area contributed by atoms with E-state index >= 15 is 0 Å². The molecule has 0 aliphatic rings. The number of aliphatic hydroxyl groups excluding tert-OH is 3. The molecule has 7 nitrogen and oxygen atoms in total. The van der Waals surface area contributed by atoms with Crippen LogP contribution >= 0.6 is 0 Å². The molecule has 7 heteroatoms. The first-order chi connectivity index (χ1) is 10.6. The Kier molecular flexibility index (Phi) is 13.7. The van der Waals surface area contributed by atoms with Gasteiger partial charge in [0.15, 0.2) is 0 Å². The minimum Gasteiger partial charge on any atom is -0.395 e. The van der Waals surface area contributed by atoms with Crippen LogP contribution < -0.4 is 5.32 Å². The van der Waals surface area contributed by atoms with Crippen LogP contribution in [0.4, 0.5) is 0 Å². The minimum atomic E-state index is -0.975. The molecule has 0 rings (SSSR count). The average molecular weight is 319 g/mol. The van der Waals surface area contributed by atoms with Crippen molar-refractivity contribution in [1.82, 2.24) is 15.1 Å². The molecule has 0 bridgehead atoms. The first kappa shape index (κ1) is 21.4. The molecule has 0 aromatic heterocycles. The maximum Gasteiger partial charge on any atom is 0.133 e. The fraction of sp³-hybridized carbons (Fsp3) is 0.933. The summed E-state index contributed by atoms with van der Waals surface area (Å²) in [4.78, 5) is 14.6. The van der Waals surface area contributed by atoms with Crippen LogP contribution in [0.1, 0.15) is 20.3 Å². The summed E-state index contributed by atoms with van der Waals surface area (Å²) in [5.74, 6) is 0. The van der Waals surface area contributed by atoms with Gasteiger partial charge >= 0.3 is 0 Å². The first-order valence-corrected chi connectivity index (χ1v) is 8.15. The normalized spacial score (nSPS) is 14.5. The summed E-state index contributed by atoms with van der Waals surface area (Å²) in [7, 11) is 0. The lowest BCUT2D eigenvalue weighted by Gasteiger charge is -2.34. The Morgan fingerprint density at radius 3 is 2.32 bits per heavy atom. The van der Waals surface area contributed by atoms with Crippen LogP contribution in [0.3, 0.4) is 0 Å². The third kappa shape index (κ3) is 8.77. The van der Waals surface area contributed by atoms with Gasteiger partial charge in [-0.15, -0.1) is 0 Å². The van der Waals surface area contributed by atoms with Crippen LogP contribution in [0, 0.1) is 0 Å². The van der Waals surface area contributed by atoms with Crippen molar-refractivity contribution < 1.29 is 20.1 Å². The fourth-order valence-corrected chi connectivity index (χ4v) is 2.44. The molecule has 4 N–H and O–H groups in total. The lowest BCUT2D eigenvalue weighted by atomic mass is 10.1. The third-order valence-electron chi connectivity index (χ3n) is 3.78. The molecule has 0 saturated carbocycles. The Hall–Kier alpha value is -0.570. The lowest BCUT2D eigenvalue weighted by molar-refractivity contribution is -0.107. The number of carbonyl (C=O) groups excluding carboxylic acids is 1. The van der Waals surface area contributed by atoms with Crippen LogP contribution in [-0.2, 0) is 4.79 Å². The van der Waals surface area contributed by atoms with Gasteiger partial charge in [-0.2, -0.15) is 0 Å². The average Bonchev–Trinajstić information content (AvgIpc) is 2.54. The summed E-state index contributed by atoms with van der Waals surface area (Å²) in [6.45, 7) is 8.63. The molecule has 0 fully saturated rings. The van der Waals surface area contributed by atoms with Gasteiger partial charge in [0, 0.05) is 26.2 Å². The van der Waals surface area contributed by atoms with E-state index in [-0.39, 0.29) is 19.8 Å².